The van der Waals surface area contributed by atoms with E-state index in [1.165, 1.54) is 6.07 Å². The van der Waals surface area contributed by atoms with Gasteiger partial charge in [0.05, 0.1) is 6.04 Å². The molecule has 2 nitrogen and oxygen atoms in total. The third kappa shape index (κ3) is 2.34. The minimum atomic E-state index is -0.261. The van der Waals surface area contributed by atoms with Gasteiger partial charge in [-0.2, -0.15) is 0 Å². The summed E-state index contributed by atoms with van der Waals surface area (Å²) in [6.45, 7) is 3.66. The van der Waals surface area contributed by atoms with Crippen LogP contribution in [0.3, 0.4) is 0 Å². The first-order chi connectivity index (χ1) is 8.09. The minimum Gasteiger partial charge on any atom is -0.320 e. The van der Waals surface area contributed by atoms with Crippen molar-refractivity contribution < 1.29 is 4.39 Å². The highest BCUT2D eigenvalue weighted by Crippen LogP contribution is 2.22. The van der Waals surface area contributed by atoms with E-state index in [1.807, 2.05) is 19.1 Å². The van der Waals surface area contributed by atoms with E-state index in [-0.39, 0.29) is 11.9 Å². The van der Waals surface area contributed by atoms with Crippen LogP contribution in [-0.4, -0.2) is 4.98 Å². The maximum atomic E-state index is 13.2. The quantitative estimate of drug-likeness (QED) is 0.861. The second kappa shape index (κ2) is 4.63. The standard InChI is InChI=1S/C14H15FN2/c1-9-8-11(5-6-13(9)15)14(16)12-4-3-7-17-10(12)2/h3-8,14H,16H2,1-2H3. The van der Waals surface area contributed by atoms with Gasteiger partial charge in [-0.3, -0.25) is 4.98 Å². The number of hydrogen-bond donors (Lipinski definition) is 1. The van der Waals surface area contributed by atoms with Crippen molar-refractivity contribution in [2.45, 2.75) is 19.9 Å². The molecule has 0 amide bonds. The number of hydrogen-bond acceptors (Lipinski definition) is 2. The van der Waals surface area contributed by atoms with Gasteiger partial charge in [-0.15, -0.1) is 0 Å². The molecule has 1 atom stereocenters. The number of pyridine rings is 1. The number of rotatable bonds is 2. The molecule has 0 spiro atoms. The number of nitrogens with two attached hydrogens (primary N) is 1. The smallest absolute Gasteiger partial charge is 0.126 e. The number of aromatic nitrogens is 1. The Bertz CT molecular complexity index is 537. The molecule has 3 heteroatoms. The molecule has 0 radical (unpaired) electrons. The van der Waals surface area contributed by atoms with E-state index >= 15 is 0 Å². The molecule has 0 saturated carbocycles. The van der Waals surface area contributed by atoms with E-state index in [4.69, 9.17) is 5.73 Å². The zero-order valence-corrected chi connectivity index (χ0v) is 9.94. The molecule has 0 fully saturated rings. The van der Waals surface area contributed by atoms with Crippen molar-refractivity contribution in [3.8, 4) is 0 Å². The SMILES string of the molecule is Cc1cc(C(N)c2cccnc2C)ccc1F. The van der Waals surface area contributed by atoms with Crippen LogP contribution in [0.15, 0.2) is 36.5 Å². The van der Waals surface area contributed by atoms with E-state index in [0.717, 1.165) is 16.8 Å². The zero-order chi connectivity index (χ0) is 12.4. The number of halogens is 1. The van der Waals surface area contributed by atoms with E-state index in [0.29, 0.717) is 5.56 Å². The average molecular weight is 230 g/mol. The molecular weight excluding hydrogens is 215 g/mol. The Hall–Kier alpha value is -1.74. The second-order valence-corrected chi connectivity index (χ2v) is 4.16. The predicted molar refractivity (Wildman–Crippen MR) is 66.1 cm³/mol. The molecule has 2 N–H and O–H groups in total. The van der Waals surface area contributed by atoms with Crippen LogP contribution in [-0.2, 0) is 0 Å². The van der Waals surface area contributed by atoms with Gasteiger partial charge in [0.1, 0.15) is 5.82 Å². The fourth-order valence-corrected chi connectivity index (χ4v) is 1.87. The summed E-state index contributed by atoms with van der Waals surface area (Å²) in [5.74, 6) is -0.205. The van der Waals surface area contributed by atoms with Crippen LogP contribution in [0.1, 0.15) is 28.4 Å². The van der Waals surface area contributed by atoms with E-state index in [9.17, 15) is 4.39 Å². The Kier molecular flexibility index (Phi) is 3.20. The van der Waals surface area contributed by atoms with Gasteiger partial charge >= 0.3 is 0 Å². The third-order valence-electron chi connectivity index (χ3n) is 2.92. The highest BCUT2D eigenvalue weighted by Gasteiger charge is 2.12. The first-order valence-corrected chi connectivity index (χ1v) is 5.52. The fraction of sp³-hybridized carbons (Fsp3) is 0.214. The number of nitrogens with zero attached hydrogens (tertiary/aromatic N) is 1. The molecule has 17 heavy (non-hydrogen) atoms. The summed E-state index contributed by atoms with van der Waals surface area (Å²) in [5.41, 5.74) is 9.56. The Morgan fingerprint density at radius 1 is 1.24 bits per heavy atom. The van der Waals surface area contributed by atoms with E-state index < -0.39 is 0 Å². The van der Waals surface area contributed by atoms with Crippen molar-refractivity contribution in [3.63, 3.8) is 0 Å². The van der Waals surface area contributed by atoms with Gasteiger partial charge in [0.25, 0.3) is 0 Å². The Labute approximate surface area is 100 Å². The largest absolute Gasteiger partial charge is 0.320 e. The molecule has 0 aliphatic heterocycles. The van der Waals surface area contributed by atoms with E-state index in [2.05, 4.69) is 4.98 Å². The molecule has 2 rings (SSSR count). The molecule has 88 valence electrons. The monoisotopic (exact) mass is 230 g/mol. The summed E-state index contributed by atoms with van der Waals surface area (Å²) in [6, 6.07) is 8.51. The summed E-state index contributed by atoms with van der Waals surface area (Å²) < 4.78 is 13.2. The summed E-state index contributed by atoms with van der Waals surface area (Å²) in [5, 5.41) is 0. The second-order valence-electron chi connectivity index (χ2n) is 4.16. The maximum absolute atomic E-state index is 13.2. The normalized spacial score (nSPS) is 12.5. The first-order valence-electron chi connectivity index (χ1n) is 5.52. The molecule has 1 aromatic heterocycles. The first kappa shape index (κ1) is 11.7. The van der Waals surface area contributed by atoms with Crippen LogP contribution in [0.5, 0.6) is 0 Å². The zero-order valence-electron chi connectivity index (χ0n) is 9.94. The van der Waals surface area contributed by atoms with Crippen LogP contribution in [0, 0.1) is 19.7 Å². The Morgan fingerprint density at radius 3 is 2.65 bits per heavy atom. The van der Waals surface area contributed by atoms with Gasteiger partial charge in [0.15, 0.2) is 0 Å². The lowest BCUT2D eigenvalue weighted by Gasteiger charge is -2.15. The van der Waals surface area contributed by atoms with Crippen molar-refractivity contribution in [2.24, 2.45) is 5.73 Å². The molecule has 1 heterocycles. The number of benzene rings is 1. The Morgan fingerprint density at radius 2 is 2.00 bits per heavy atom. The van der Waals surface area contributed by atoms with Crippen molar-refractivity contribution >= 4 is 0 Å². The molecular formula is C14H15FN2. The van der Waals surface area contributed by atoms with Gasteiger partial charge in [0, 0.05) is 11.9 Å². The average Bonchev–Trinajstić information content (AvgIpc) is 2.32. The molecule has 0 saturated heterocycles. The molecule has 0 bridgehead atoms. The van der Waals surface area contributed by atoms with Crippen molar-refractivity contribution in [2.75, 3.05) is 0 Å². The van der Waals surface area contributed by atoms with Crippen molar-refractivity contribution in [3.05, 3.63) is 64.7 Å². The molecule has 1 unspecified atom stereocenters. The highest BCUT2D eigenvalue weighted by molar-refractivity contribution is 5.35. The van der Waals surface area contributed by atoms with Crippen LogP contribution in [0.4, 0.5) is 4.39 Å². The van der Waals surface area contributed by atoms with Crippen LogP contribution in [0.2, 0.25) is 0 Å². The van der Waals surface area contributed by atoms with Gasteiger partial charge in [-0.25, -0.2) is 4.39 Å². The van der Waals surface area contributed by atoms with Gasteiger partial charge < -0.3 is 5.73 Å². The molecule has 2 aromatic rings. The van der Waals surface area contributed by atoms with Gasteiger partial charge in [-0.1, -0.05) is 18.2 Å². The lowest BCUT2D eigenvalue weighted by Crippen LogP contribution is -2.14. The summed E-state index contributed by atoms with van der Waals surface area (Å²) in [6.07, 6.45) is 1.74. The van der Waals surface area contributed by atoms with Gasteiger partial charge in [0.2, 0.25) is 0 Å². The Balaban J connectivity index is 2.40. The maximum Gasteiger partial charge on any atom is 0.126 e. The fourth-order valence-electron chi connectivity index (χ4n) is 1.87. The van der Waals surface area contributed by atoms with Crippen molar-refractivity contribution in [1.82, 2.24) is 4.98 Å². The van der Waals surface area contributed by atoms with Crippen LogP contribution < -0.4 is 5.73 Å². The highest BCUT2D eigenvalue weighted by atomic mass is 19.1. The van der Waals surface area contributed by atoms with Crippen molar-refractivity contribution in [1.29, 1.82) is 0 Å². The van der Waals surface area contributed by atoms with Crippen LogP contribution in [0.25, 0.3) is 0 Å². The number of aryl methyl sites for hydroxylation is 2. The molecule has 0 aliphatic carbocycles. The third-order valence-corrected chi connectivity index (χ3v) is 2.92. The summed E-state index contributed by atoms with van der Waals surface area (Å²) in [7, 11) is 0. The minimum absolute atomic E-state index is 0.205. The summed E-state index contributed by atoms with van der Waals surface area (Å²) >= 11 is 0. The van der Waals surface area contributed by atoms with E-state index in [1.54, 1.807) is 25.3 Å². The summed E-state index contributed by atoms with van der Waals surface area (Å²) in [4.78, 5) is 4.21. The predicted octanol–water partition coefficient (Wildman–Crippen LogP) is 2.89. The van der Waals surface area contributed by atoms with Gasteiger partial charge in [-0.05, 0) is 42.7 Å². The topological polar surface area (TPSA) is 38.9 Å². The molecule has 0 aliphatic rings. The lowest BCUT2D eigenvalue weighted by molar-refractivity contribution is 0.617. The lowest BCUT2D eigenvalue weighted by atomic mass is 9.97. The van der Waals surface area contributed by atoms with Crippen LogP contribution >= 0.6 is 0 Å². The molecule has 1 aromatic carbocycles.